The lowest BCUT2D eigenvalue weighted by atomic mass is 10.1. The predicted molar refractivity (Wildman–Crippen MR) is 81.1 cm³/mol. The highest BCUT2D eigenvalue weighted by molar-refractivity contribution is 6.11. The molecular weight excluding hydrogens is 246 g/mol. The molecule has 0 spiro atoms. The molecule has 0 saturated carbocycles. The van der Waals surface area contributed by atoms with Crippen molar-refractivity contribution in [1.82, 2.24) is 4.57 Å². The van der Waals surface area contributed by atoms with Gasteiger partial charge in [-0.15, -0.1) is 0 Å². The monoisotopic (exact) mass is 259 g/mol. The van der Waals surface area contributed by atoms with Gasteiger partial charge in [0.1, 0.15) is 0 Å². The van der Waals surface area contributed by atoms with Crippen LogP contribution in [0.15, 0.2) is 54.6 Å². The van der Waals surface area contributed by atoms with E-state index in [2.05, 4.69) is 28.8 Å². The molecule has 1 heterocycles. The number of hydrogen-bond donors (Lipinski definition) is 0. The Hall–Kier alpha value is -2.61. The summed E-state index contributed by atoms with van der Waals surface area (Å²) in [4.78, 5) is 11.7. The van der Waals surface area contributed by atoms with Gasteiger partial charge in [-0.2, -0.15) is 0 Å². The molecular formula is C18H13NO. The van der Waals surface area contributed by atoms with Crippen LogP contribution in [0.25, 0.3) is 28.7 Å². The topological polar surface area (TPSA) is 22.0 Å². The van der Waals surface area contributed by atoms with Gasteiger partial charge >= 0.3 is 0 Å². The molecule has 3 aromatic rings. The number of benzene rings is 2. The van der Waals surface area contributed by atoms with Gasteiger partial charge in [0.15, 0.2) is 5.78 Å². The molecule has 2 nitrogen and oxygen atoms in total. The minimum absolute atomic E-state index is 0.175. The summed E-state index contributed by atoms with van der Waals surface area (Å²) in [5, 5.41) is 3.30. The second kappa shape index (κ2) is 4.20. The fraction of sp³-hybridized carbons (Fsp3) is 0.0556. The number of carbonyl (C=O) groups excluding carboxylic acids is 1. The van der Waals surface area contributed by atoms with Crippen LogP contribution in [0.3, 0.4) is 0 Å². The number of para-hydroxylation sites is 2. The Balaban J connectivity index is 2.24. The van der Waals surface area contributed by atoms with E-state index in [0.717, 1.165) is 27.2 Å². The third-order valence-electron chi connectivity index (χ3n) is 3.77. The number of aromatic nitrogens is 1. The third-order valence-corrected chi connectivity index (χ3v) is 3.77. The Kier molecular flexibility index (Phi) is 2.36. The van der Waals surface area contributed by atoms with Crippen LogP contribution in [0, 0.1) is 0 Å². The lowest BCUT2D eigenvalue weighted by Crippen LogP contribution is -2.32. The smallest absolute Gasteiger partial charge is 0.160 e. The molecule has 0 unspecified atom stereocenters. The van der Waals surface area contributed by atoms with Crippen LogP contribution in [-0.4, -0.2) is 10.4 Å². The standard InChI is InChI=1S/C18H13NO/c20-14-10-11-18-16(12-14)15-8-4-5-9-17(15)19(18)13-6-2-1-3-7-13/h1-9,11-12H,10H2. The fourth-order valence-corrected chi connectivity index (χ4v) is 2.91. The van der Waals surface area contributed by atoms with Gasteiger partial charge in [0.25, 0.3) is 0 Å². The molecule has 0 aliphatic heterocycles. The zero-order valence-electron chi connectivity index (χ0n) is 10.9. The highest BCUT2D eigenvalue weighted by Crippen LogP contribution is 2.15. The summed E-state index contributed by atoms with van der Waals surface area (Å²) >= 11 is 0. The SMILES string of the molecule is O=C1C=c2c(n(-c3ccccc3)c3ccccc23)=CC1. The van der Waals surface area contributed by atoms with Gasteiger partial charge in [-0.25, -0.2) is 0 Å². The maximum atomic E-state index is 11.7. The molecule has 20 heavy (non-hydrogen) atoms. The molecule has 0 radical (unpaired) electrons. The predicted octanol–water partition coefficient (Wildman–Crippen LogP) is 2.16. The maximum absolute atomic E-state index is 11.7. The summed E-state index contributed by atoms with van der Waals surface area (Å²) in [6.45, 7) is 0. The van der Waals surface area contributed by atoms with E-state index < -0.39 is 0 Å². The van der Waals surface area contributed by atoms with Crippen molar-refractivity contribution in [3.8, 4) is 5.69 Å². The molecule has 1 aromatic heterocycles. The van der Waals surface area contributed by atoms with Gasteiger partial charge < -0.3 is 4.57 Å². The van der Waals surface area contributed by atoms with Crippen LogP contribution in [0.2, 0.25) is 0 Å². The molecule has 2 aromatic carbocycles. The van der Waals surface area contributed by atoms with Crippen molar-refractivity contribution in [2.45, 2.75) is 6.42 Å². The Morgan fingerprint density at radius 1 is 0.900 bits per heavy atom. The minimum Gasteiger partial charge on any atom is -0.310 e. The van der Waals surface area contributed by atoms with Crippen molar-refractivity contribution < 1.29 is 4.79 Å². The Bertz CT molecular complexity index is 933. The van der Waals surface area contributed by atoms with E-state index in [1.54, 1.807) is 6.08 Å². The molecule has 1 aliphatic carbocycles. The summed E-state index contributed by atoms with van der Waals surface area (Å²) in [6, 6.07) is 18.5. The summed E-state index contributed by atoms with van der Waals surface area (Å²) < 4.78 is 2.23. The zero-order chi connectivity index (χ0) is 13.5. The summed E-state index contributed by atoms with van der Waals surface area (Å²) in [5.41, 5.74) is 2.27. The average Bonchev–Trinajstić information content (AvgIpc) is 2.82. The van der Waals surface area contributed by atoms with E-state index in [9.17, 15) is 4.79 Å². The van der Waals surface area contributed by atoms with Crippen LogP contribution < -0.4 is 10.6 Å². The van der Waals surface area contributed by atoms with Crippen molar-refractivity contribution in [2.75, 3.05) is 0 Å². The van der Waals surface area contributed by atoms with Crippen molar-refractivity contribution in [3.63, 3.8) is 0 Å². The maximum Gasteiger partial charge on any atom is 0.160 e. The average molecular weight is 259 g/mol. The fourth-order valence-electron chi connectivity index (χ4n) is 2.91. The van der Waals surface area contributed by atoms with E-state index in [1.165, 1.54) is 0 Å². The molecule has 0 saturated heterocycles. The Morgan fingerprint density at radius 2 is 1.65 bits per heavy atom. The summed E-state index contributed by atoms with van der Waals surface area (Å²) in [6.07, 6.45) is 4.29. The van der Waals surface area contributed by atoms with Gasteiger partial charge in [0.05, 0.1) is 10.9 Å². The molecule has 0 fully saturated rings. The van der Waals surface area contributed by atoms with Gasteiger partial charge in [-0.1, -0.05) is 42.5 Å². The number of ketones is 1. The van der Waals surface area contributed by atoms with Gasteiger partial charge in [0.2, 0.25) is 0 Å². The first-order valence-corrected chi connectivity index (χ1v) is 6.74. The molecule has 4 rings (SSSR count). The van der Waals surface area contributed by atoms with E-state index in [1.807, 2.05) is 36.4 Å². The number of Topliss-reactive ketones (excluding diaryl/α,β-unsaturated/α-hetero) is 1. The Morgan fingerprint density at radius 3 is 2.50 bits per heavy atom. The van der Waals surface area contributed by atoms with E-state index in [-0.39, 0.29) is 5.78 Å². The second-order valence-electron chi connectivity index (χ2n) is 5.01. The molecule has 0 amide bonds. The zero-order valence-corrected chi connectivity index (χ0v) is 10.9. The van der Waals surface area contributed by atoms with Gasteiger partial charge in [0, 0.05) is 22.7 Å². The van der Waals surface area contributed by atoms with Crippen molar-refractivity contribution >= 4 is 28.8 Å². The molecule has 2 heteroatoms. The highest BCUT2D eigenvalue weighted by atomic mass is 16.1. The lowest BCUT2D eigenvalue weighted by Gasteiger charge is -2.06. The summed E-state index contributed by atoms with van der Waals surface area (Å²) in [5.74, 6) is 0.175. The largest absolute Gasteiger partial charge is 0.310 e. The lowest BCUT2D eigenvalue weighted by molar-refractivity contribution is -0.112. The third kappa shape index (κ3) is 1.55. The van der Waals surface area contributed by atoms with Crippen LogP contribution in [-0.2, 0) is 4.79 Å². The Labute approximate surface area is 116 Å². The quantitative estimate of drug-likeness (QED) is 0.656. The van der Waals surface area contributed by atoms with Crippen molar-refractivity contribution in [1.29, 1.82) is 0 Å². The normalized spacial score (nSPS) is 13.7. The number of nitrogens with zero attached hydrogens (tertiary/aromatic N) is 1. The van der Waals surface area contributed by atoms with Gasteiger partial charge in [-0.3, -0.25) is 4.79 Å². The summed E-state index contributed by atoms with van der Waals surface area (Å²) in [7, 11) is 0. The number of hydrogen-bond acceptors (Lipinski definition) is 1. The number of rotatable bonds is 1. The van der Waals surface area contributed by atoms with Crippen molar-refractivity contribution in [3.05, 3.63) is 65.2 Å². The van der Waals surface area contributed by atoms with Crippen LogP contribution in [0.5, 0.6) is 0 Å². The van der Waals surface area contributed by atoms with Crippen molar-refractivity contribution in [2.24, 2.45) is 0 Å². The van der Waals surface area contributed by atoms with Crippen LogP contribution >= 0.6 is 0 Å². The highest BCUT2D eigenvalue weighted by Gasteiger charge is 2.12. The molecule has 0 N–H and O–H groups in total. The number of carbonyl (C=O) groups is 1. The molecule has 0 atom stereocenters. The first kappa shape index (κ1) is 11.2. The second-order valence-corrected chi connectivity index (χ2v) is 5.01. The van der Waals surface area contributed by atoms with E-state index in [0.29, 0.717) is 6.42 Å². The molecule has 1 aliphatic rings. The molecule has 96 valence electrons. The molecule has 0 bridgehead atoms. The van der Waals surface area contributed by atoms with E-state index >= 15 is 0 Å². The van der Waals surface area contributed by atoms with Crippen LogP contribution in [0.4, 0.5) is 0 Å². The van der Waals surface area contributed by atoms with E-state index in [4.69, 9.17) is 0 Å². The van der Waals surface area contributed by atoms with Crippen LogP contribution in [0.1, 0.15) is 6.42 Å². The first-order chi connectivity index (χ1) is 9.84. The first-order valence-electron chi connectivity index (χ1n) is 6.74. The minimum atomic E-state index is 0.175. The number of fused-ring (bicyclic) bond motifs is 3. The van der Waals surface area contributed by atoms with Gasteiger partial charge in [-0.05, 0) is 24.3 Å².